The van der Waals surface area contributed by atoms with Crippen LogP contribution in [0.5, 0.6) is 0 Å². The molecule has 2 aromatic rings. The van der Waals surface area contributed by atoms with Crippen molar-refractivity contribution < 1.29 is 9.90 Å². The van der Waals surface area contributed by atoms with Crippen molar-refractivity contribution in [2.24, 2.45) is 0 Å². The quantitative estimate of drug-likeness (QED) is 0.841. The molecule has 0 fully saturated rings. The molecule has 0 aliphatic heterocycles. The Kier molecular flexibility index (Phi) is 4.27. The molecule has 0 saturated heterocycles. The highest BCUT2D eigenvalue weighted by Crippen LogP contribution is 2.02. The Hall–Kier alpha value is -2.47. The van der Waals surface area contributed by atoms with Crippen LogP contribution in [0, 0.1) is 0 Å². The SMILES string of the molecule is CC(CO)NC(=O)c1ccc(=O)n(-c2ccccc2)n1. The first kappa shape index (κ1) is 14.0. The Labute approximate surface area is 115 Å². The summed E-state index contributed by atoms with van der Waals surface area (Å²) in [4.78, 5) is 23.7. The number of nitrogens with one attached hydrogen (secondary N) is 1. The van der Waals surface area contributed by atoms with Gasteiger partial charge in [-0.3, -0.25) is 9.59 Å². The van der Waals surface area contributed by atoms with Crippen molar-refractivity contribution in [2.75, 3.05) is 6.61 Å². The molecule has 1 unspecified atom stereocenters. The van der Waals surface area contributed by atoms with Crippen molar-refractivity contribution in [1.29, 1.82) is 0 Å². The van der Waals surface area contributed by atoms with Crippen LogP contribution < -0.4 is 10.9 Å². The van der Waals surface area contributed by atoms with E-state index < -0.39 is 5.91 Å². The summed E-state index contributed by atoms with van der Waals surface area (Å²) in [6, 6.07) is 11.1. The molecule has 0 aliphatic rings. The third kappa shape index (κ3) is 3.10. The van der Waals surface area contributed by atoms with Gasteiger partial charge >= 0.3 is 0 Å². The molecule has 0 aliphatic carbocycles. The van der Waals surface area contributed by atoms with E-state index >= 15 is 0 Å². The molecule has 1 amide bonds. The molecule has 1 heterocycles. The molecule has 20 heavy (non-hydrogen) atoms. The predicted octanol–water partition coefficient (Wildman–Crippen LogP) is 0.343. The van der Waals surface area contributed by atoms with Gasteiger partial charge in [-0.25, -0.2) is 0 Å². The van der Waals surface area contributed by atoms with E-state index in [1.165, 1.54) is 16.8 Å². The Bertz CT molecular complexity index is 652. The van der Waals surface area contributed by atoms with Crippen LogP contribution in [0.15, 0.2) is 47.3 Å². The van der Waals surface area contributed by atoms with Crippen LogP contribution in [0.4, 0.5) is 0 Å². The van der Waals surface area contributed by atoms with Crippen molar-refractivity contribution in [2.45, 2.75) is 13.0 Å². The molecule has 6 nitrogen and oxygen atoms in total. The lowest BCUT2D eigenvalue weighted by atomic mass is 10.3. The number of rotatable bonds is 4. The second kappa shape index (κ2) is 6.12. The summed E-state index contributed by atoms with van der Waals surface area (Å²) in [7, 11) is 0. The zero-order valence-corrected chi connectivity index (χ0v) is 11.0. The summed E-state index contributed by atoms with van der Waals surface area (Å²) in [5.74, 6) is -0.434. The molecule has 1 aromatic heterocycles. The highest BCUT2D eigenvalue weighted by atomic mass is 16.3. The van der Waals surface area contributed by atoms with Crippen LogP contribution in [0.1, 0.15) is 17.4 Å². The van der Waals surface area contributed by atoms with Crippen molar-refractivity contribution in [1.82, 2.24) is 15.1 Å². The fraction of sp³-hybridized carbons (Fsp3) is 0.214. The fourth-order valence-electron chi connectivity index (χ4n) is 1.63. The number of amides is 1. The second-order valence-corrected chi connectivity index (χ2v) is 4.36. The van der Waals surface area contributed by atoms with Gasteiger partial charge in [-0.05, 0) is 25.1 Å². The number of nitrogens with zero attached hydrogens (tertiary/aromatic N) is 2. The van der Waals surface area contributed by atoms with Crippen LogP contribution >= 0.6 is 0 Å². The minimum atomic E-state index is -0.434. The first-order chi connectivity index (χ1) is 9.61. The minimum Gasteiger partial charge on any atom is -0.394 e. The number of carbonyl (C=O) groups excluding carboxylic acids is 1. The van der Waals surface area contributed by atoms with Crippen LogP contribution in [-0.4, -0.2) is 33.4 Å². The van der Waals surface area contributed by atoms with Crippen molar-refractivity contribution >= 4 is 5.91 Å². The molecule has 0 bridgehead atoms. The lowest BCUT2D eigenvalue weighted by Crippen LogP contribution is -2.36. The van der Waals surface area contributed by atoms with E-state index in [9.17, 15) is 9.59 Å². The van der Waals surface area contributed by atoms with Gasteiger partial charge in [0.25, 0.3) is 11.5 Å². The lowest BCUT2D eigenvalue weighted by molar-refractivity contribution is 0.0915. The molecule has 1 atom stereocenters. The molecule has 0 radical (unpaired) electrons. The van der Waals surface area contributed by atoms with E-state index in [0.29, 0.717) is 5.69 Å². The van der Waals surface area contributed by atoms with E-state index in [2.05, 4.69) is 10.4 Å². The molecule has 1 aromatic carbocycles. The Morgan fingerprint density at radius 3 is 2.65 bits per heavy atom. The zero-order valence-electron chi connectivity index (χ0n) is 11.0. The summed E-state index contributed by atoms with van der Waals surface area (Å²) in [5.41, 5.74) is 0.388. The highest BCUT2D eigenvalue weighted by molar-refractivity contribution is 5.92. The maximum absolute atomic E-state index is 11.9. The molecule has 0 spiro atoms. The topological polar surface area (TPSA) is 84.2 Å². The summed E-state index contributed by atoms with van der Waals surface area (Å²) in [6.07, 6.45) is 0. The minimum absolute atomic E-state index is 0.119. The first-order valence-corrected chi connectivity index (χ1v) is 6.19. The van der Waals surface area contributed by atoms with Crippen LogP contribution in [0.2, 0.25) is 0 Å². The maximum atomic E-state index is 11.9. The number of aliphatic hydroxyl groups excluding tert-OH is 1. The van der Waals surface area contributed by atoms with Crippen molar-refractivity contribution in [3.05, 3.63) is 58.5 Å². The van der Waals surface area contributed by atoms with Crippen molar-refractivity contribution in [3.8, 4) is 5.69 Å². The van der Waals surface area contributed by atoms with Crippen LogP contribution in [0.3, 0.4) is 0 Å². The number of carbonyl (C=O) groups is 1. The number of benzene rings is 1. The van der Waals surface area contributed by atoms with Gasteiger partial charge in [0.15, 0.2) is 0 Å². The molecular weight excluding hydrogens is 258 g/mol. The maximum Gasteiger partial charge on any atom is 0.272 e. The predicted molar refractivity (Wildman–Crippen MR) is 73.8 cm³/mol. The third-order valence-corrected chi connectivity index (χ3v) is 2.69. The van der Waals surface area contributed by atoms with E-state index in [1.807, 2.05) is 6.07 Å². The average molecular weight is 273 g/mol. The summed E-state index contributed by atoms with van der Waals surface area (Å²) >= 11 is 0. The average Bonchev–Trinajstić information content (AvgIpc) is 2.48. The Morgan fingerprint density at radius 1 is 1.30 bits per heavy atom. The fourth-order valence-corrected chi connectivity index (χ4v) is 1.63. The Balaban J connectivity index is 2.34. The molecule has 0 saturated carbocycles. The lowest BCUT2D eigenvalue weighted by Gasteiger charge is -2.11. The number of hydrogen-bond acceptors (Lipinski definition) is 4. The van der Waals surface area contributed by atoms with E-state index in [4.69, 9.17) is 5.11 Å². The zero-order chi connectivity index (χ0) is 14.5. The molecule has 104 valence electrons. The van der Waals surface area contributed by atoms with Gasteiger partial charge in [0.1, 0.15) is 5.69 Å². The summed E-state index contributed by atoms with van der Waals surface area (Å²) in [5, 5.41) is 15.5. The standard InChI is InChI=1S/C14H15N3O3/c1-10(9-18)15-14(20)12-7-8-13(19)17(16-12)11-5-3-2-4-6-11/h2-8,10,18H,9H2,1H3,(H,15,20). The van der Waals surface area contributed by atoms with Gasteiger partial charge in [0.2, 0.25) is 0 Å². The van der Waals surface area contributed by atoms with Gasteiger partial charge in [0.05, 0.1) is 12.3 Å². The monoisotopic (exact) mass is 273 g/mol. The normalized spacial score (nSPS) is 11.9. The smallest absolute Gasteiger partial charge is 0.272 e. The third-order valence-electron chi connectivity index (χ3n) is 2.69. The van der Waals surface area contributed by atoms with Gasteiger partial charge in [-0.15, -0.1) is 0 Å². The number of hydrogen-bond donors (Lipinski definition) is 2. The second-order valence-electron chi connectivity index (χ2n) is 4.36. The summed E-state index contributed by atoms with van der Waals surface area (Å²) in [6.45, 7) is 1.51. The van der Waals surface area contributed by atoms with Gasteiger partial charge in [-0.1, -0.05) is 18.2 Å². The van der Waals surface area contributed by atoms with E-state index in [0.717, 1.165) is 0 Å². The molecule has 6 heteroatoms. The molecule has 2 rings (SSSR count). The number of aliphatic hydroxyl groups is 1. The van der Waals surface area contributed by atoms with E-state index in [-0.39, 0.29) is 23.9 Å². The first-order valence-electron chi connectivity index (χ1n) is 6.19. The number of aromatic nitrogens is 2. The van der Waals surface area contributed by atoms with Crippen LogP contribution in [-0.2, 0) is 0 Å². The van der Waals surface area contributed by atoms with Gasteiger partial charge in [-0.2, -0.15) is 9.78 Å². The van der Waals surface area contributed by atoms with E-state index in [1.54, 1.807) is 31.2 Å². The summed E-state index contributed by atoms with van der Waals surface area (Å²) < 4.78 is 1.17. The van der Waals surface area contributed by atoms with Crippen LogP contribution in [0.25, 0.3) is 5.69 Å². The molecular formula is C14H15N3O3. The van der Waals surface area contributed by atoms with Gasteiger partial charge in [0, 0.05) is 12.1 Å². The highest BCUT2D eigenvalue weighted by Gasteiger charge is 2.12. The largest absolute Gasteiger partial charge is 0.394 e. The molecule has 2 N–H and O–H groups in total. The number of para-hydroxylation sites is 1. The van der Waals surface area contributed by atoms with Crippen molar-refractivity contribution in [3.63, 3.8) is 0 Å². The van der Waals surface area contributed by atoms with Gasteiger partial charge < -0.3 is 10.4 Å². The Morgan fingerprint density at radius 2 is 2.00 bits per heavy atom.